The molecule has 0 aromatic carbocycles. The molecule has 0 saturated heterocycles. The van der Waals surface area contributed by atoms with Crippen LogP contribution in [0.5, 0.6) is 0 Å². The molecule has 15 heavy (non-hydrogen) atoms. The number of nitrogens with zero attached hydrogens (tertiary/aromatic N) is 1. The molecule has 0 radical (unpaired) electrons. The number of aromatic nitrogens is 1. The Hall–Kier alpha value is -0.930. The van der Waals surface area contributed by atoms with E-state index in [4.69, 9.17) is 4.74 Å². The van der Waals surface area contributed by atoms with Crippen molar-refractivity contribution >= 4 is 0 Å². The fourth-order valence-corrected chi connectivity index (χ4v) is 1.38. The fraction of sp³-hybridized carbons (Fsp3) is 0.583. The van der Waals surface area contributed by atoms with Crippen molar-refractivity contribution in [2.24, 2.45) is 0 Å². The van der Waals surface area contributed by atoms with Crippen LogP contribution in [0.3, 0.4) is 0 Å². The van der Waals surface area contributed by atoms with E-state index < -0.39 is 0 Å². The Morgan fingerprint density at radius 3 is 3.00 bits per heavy atom. The molecule has 3 nitrogen and oxygen atoms in total. The highest BCUT2D eigenvalue weighted by molar-refractivity contribution is 5.21. The maximum absolute atomic E-state index is 5.04. The van der Waals surface area contributed by atoms with Crippen molar-refractivity contribution in [3.63, 3.8) is 0 Å². The lowest BCUT2D eigenvalue weighted by atomic mass is 10.1. The minimum atomic E-state index is 0.484. The first-order valence-corrected chi connectivity index (χ1v) is 5.36. The molecule has 3 heteroatoms. The zero-order valence-corrected chi connectivity index (χ0v) is 9.79. The molecule has 0 amide bonds. The average Bonchev–Trinajstić information content (AvgIpc) is 2.25. The highest BCUT2D eigenvalue weighted by Gasteiger charge is 2.02. The summed E-state index contributed by atoms with van der Waals surface area (Å²) in [7, 11) is 1.74. The number of hydrogen-bond donors (Lipinski definition) is 1. The van der Waals surface area contributed by atoms with Crippen LogP contribution in [0.15, 0.2) is 18.5 Å². The topological polar surface area (TPSA) is 34.1 Å². The first-order valence-electron chi connectivity index (χ1n) is 5.36. The molecule has 0 aliphatic heterocycles. The van der Waals surface area contributed by atoms with Crippen molar-refractivity contribution in [1.29, 1.82) is 0 Å². The fourth-order valence-electron chi connectivity index (χ4n) is 1.38. The van der Waals surface area contributed by atoms with Crippen LogP contribution < -0.4 is 5.32 Å². The number of pyridine rings is 1. The first kappa shape index (κ1) is 12.1. The first-order chi connectivity index (χ1) is 7.24. The summed E-state index contributed by atoms with van der Waals surface area (Å²) < 4.78 is 5.04. The zero-order chi connectivity index (χ0) is 11.1. The molecule has 1 aromatic heterocycles. The molecule has 1 atom stereocenters. The minimum absolute atomic E-state index is 0.484. The third-order valence-corrected chi connectivity index (χ3v) is 2.53. The van der Waals surface area contributed by atoms with Gasteiger partial charge in [-0.15, -0.1) is 0 Å². The van der Waals surface area contributed by atoms with Crippen molar-refractivity contribution in [3.8, 4) is 0 Å². The van der Waals surface area contributed by atoms with E-state index in [0.717, 1.165) is 19.6 Å². The smallest absolute Gasteiger partial charge is 0.0476 e. The predicted molar refractivity (Wildman–Crippen MR) is 61.8 cm³/mol. The Bertz CT molecular complexity index is 289. The lowest BCUT2D eigenvalue weighted by Gasteiger charge is -2.14. The molecule has 0 saturated carbocycles. The van der Waals surface area contributed by atoms with Gasteiger partial charge in [0.25, 0.3) is 0 Å². The highest BCUT2D eigenvalue weighted by atomic mass is 16.5. The second-order valence-corrected chi connectivity index (χ2v) is 3.87. The number of hydrogen-bond acceptors (Lipinski definition) is 3. The summed E-state index contributed by atoms with van der Waals surface area (Å²) in [6, 6.07) is 2.54. The number of nitrogens with one attached hydrogen (secondary N) is 1. The highest BCUT2D eigenvalue weighted by Crippen LogP contribution is 2.05. The molecule has 1 rings (SSSR count). The van der Waals surface area contributed by atoms with Crippen LogP contribution in [0, 0.1) is 6.92 Å². The van der Waals surface area contributed by atoms with Gasteiger partial charge in [-0.3, -0.25) is 4.98 Å². The standard InChI is InChI=1S/C12H20N2O/c1-10-8-13-6-4-12(10)9-14-11(2)5-7-15-3/h4,6,8,11,14H,5,7,9H2,1-3H3. The SMILES string of the molecule is COCCC(C)NCc1ccncc1C. The molecule has 1 N–H and O–H groups in total. The van der Waals surface area contributed by atoms with Gasteiger partial charge in [0.05, 0.1) is 0 Å². The number of rotatable bonds is 6. The van der Waals surface area contributed by atoms with E-state index in [0.29, 0.717) is 6.04 Å². The van der Waals surface area contributed by atoms with E-state index in [-0.39, 0.29) is 0 Å². The van der Waals surface area contributed by atoms with E-state index in [1.165, 1.54) is 11.1 Å². The summed E-state index contributed by atoms with van der Waals surface area (Å²) in [6.07, 6.45) is 4.78. The van der Waals surface area contributed by atoms with Gasteiger partial charge in [0.2, 0.25) is 0 Å². The van der Waals surface area contributed by atoms with Crippen molar-refractivity contribution in [3.05, 3.63) is 29.6 Å². The van der Waals surface area contributed by atoms with Gasteiger partial charge in [-0.1, -0.05) is 0 Å². The predicted octanol–water partition coefficient (Wildman–Crippen LogP) is 1.90. The molecule has 0 aliphatic rings. The molecular weight excluding hydrogens is 188 g/mol. The normalized spacial score (nSPS) is 12.7. The summed E-state index contributed by atoms with van der Waals surface area (Å²) in [5.41, 5.74) is 2.55. The van der Waals surface area contributed by atoms with Crippen LogP contribution in [0.4, 0.5) is 0 Å². The molecule has 0 spiro atoms. The molecule has 0 aliphatic carbocycles. The van der Waals surface area contributed by atoms with Crippen LogP contribution in [0.1, 0.15) is 24.5 Å². The third kappa shape index (κ3) is 4.40. The number of ether oxygens (including phenoxy) is 1. The molecule has 84 valence electrons. The second kappa shape index (κ2) is 6.53. The summed E-state index contributed by atoms with van der Waals surface area (Å²) in [5, 5.41) is 3.47. The van der Waals surface area contributed by atoms with E-state index in [1.54, 1.807) is 7.11 Å². The summed E-state index contributed by atoms with van der Waals surface area (Å²) >= 11 is 0. The van der Waals surface area contributed by atoms with Crippen molar-refractivity contribution in [1.82, 2.24) is 10.3 Å². The Labute approximate surface area is 91.9 Å². The molecule has 0 fully saturated rings. The largest absolute Gasteiger partial charge is 0.385 e. The van der Waals surface area contributed by atoms with E-state index in [9.17, 15) is 0 Å². The Balaban J connectivity index is 2.33. The van der Waals surface area contributed by atoms with Gasteiger partial charge in [0, 0.05) is 38.7 Å². The maximum atomic E-state index is 5.04. The van der Waals surface area contributed by atoms with Crippen molar-refractivity contribution in [2.75, 3.05) is 13.7 Å². The van der Waals surface area contributed by atoms with Gasteiger partial charge in [-0.05, 0) is 37.5 Å². The quantitative estimate of drug-likeness (QED) is 0.775. The summed E-state index contributed by atoms with van der Waals surface area (Å²) in [4.78, 5) is 4.07. The van der Waals surface area contributed by atoms with Crippen LogP contribution >= 0.6 is 0 Å². The van der Waals surface area contributed by atoms with E-state index in [1.807, 2.05) is 12.4 Å². The van der Waals surface area contributed by atoms with E-state index in [2.05, 4.69) is 30.2 Å². The minimum Gasteiger partial charge on any atom is -0.385 e. The van der Waals surface area contributed by atoms with Gasteiger partial charge < -0.3 is 10.1 Å². The molecular formula is C12H20N2O. The lowest BCUT2D eigenvalue weighted by molar-refractivity contribution is 0.184. The van der Waals surface area contributed by atoms with Crippen LogP contribution in [-0.2, 0) is 11.3 Å². The van der Waals surface area contributed by atoms with Crippen LogP contribution in [-0.4, -0.2) is 24.7 Å². The Morgan fingerprint density at radius 2 is 2.33 bits per heavy atom. The van der Waals surface area contributed by atoms with E-state index >= 15 is 0 Å². The molecule has 1 unspecified atom stereocenters. The number of aryl methyl sites for hydroxylation is 1. The van der Waals surface area contributed by atoms with Gasteiger partial charge in [-0.2, -0.15) is 0 Å². The second-order valence-electron chi connectivity index (χ2n) is 3.87. The third-order valence-electron chi connectivity index (χ3n) is 2.53. The van der Waals surface area contributed by atoms with Crippen molar-refractivity contribution < 1.29 is 4.74 Å². The Kier molecular flexibility index (Phi) is 5.29. The molecule has 1 heterocycles. The Morgan fingerprint density at radius 1 is 1.53 bits per heavy atom. The monoisotopic (exact) mass is 208 g/mol. The van der Waals surface area contributed by atoms with Crippen LogP contribution in [0.25, 0.3) is 0 Å². The van der Waals surface area contributed by atoms with Crippen molar-refractivity contribution in [2.45, 2.75) is 32.9 Å². The molecule has 1 aromatic rings. The van der Waals surface area contributed by atoms with Gasteiger partial charge in [0.1, 0.15) is 0 Å². The lowest BCUT2D eigenvalue weighted by Crippen LogP contribution is -2.26. The molecule has 0 bridgehead atoms. The summed E-state index contributed by atoms with van der Waals surface area (Å²) in [6.45, 7) is 5.97. The zero-order valence-electron chi connectivity index (χ0n) is 9.79. The van der Waals surface area contributed by atoms with Crippen LogP contribution in [0.2, 0.25) is 0 Å². The maximum Gasteiger partial charge on any atom is 0.0476 e. The van der Waals surface area contributed by atoms with Gasteiger partial charge >= 0.3 is 0 Å². The van der Waals surface area contributed by atoms with Gasteiger partial charge in [0.15, 0.2) is 0 Å². The van der Waals surface area contributed by atoms with Gasteiger partial charge in [-0.25, -0.2) is 0 Å². The number of methoxy groups -OCH3 is 1. The summed E-state index contributed by atoms with van der Waals surface area (Å²) in [5.74, 6) is 0. The average molecular weight is 208 g/mol.